The predicted octanol–water partition coefficient (Wildman–Crippen LogP) is 8.98. The molecule has 0 unspecified atom stereocenters. The first kappa shape index (κ1) is 25.7. The Hall–Kier alpha value is -0.550. The molecule has 0 spiro atoms. The van der Waals surface area contributed by atoms with E-state index in [1.807, 2.05) is 0 Å². The highest BCUT2D eigenvalue weighted by molar-refractivity contribution is 5.01. The number of unbranched alkanes of at least 4 members (excludes halogenated alkanes) is 8. The van der Waals surface area contributed by atoms with Gasteiger partial charge in [0.25, 0.3) is 0 Å². The number of hydrogen-bond donors (Lipinski definition) is 0. The average Bonchev–Trinajstić information content (AvgIpc) is 2.79. The van der Waals surface area contributed by atoms with Crippen LogP contribution in [0.2, 0.25) is 0 Å². The Morgan fingerprint density at radius 1 is 0.733 bits per heavy atom. The Kier molecular flexibility index (Phi) is 13.1. The van der Waals surface area contributed by atoms with Gasteiger partial charge in [0.15, 0.2) is 0 Å². The second-order valence-corrected chi connectivity index (χ2v) is 10.7. The van der Waals surface area contributed by atoms with Gasteiger partial charge in [0.1, 0.15) is 0 Å². The lowest BCUT2D eigenvalue weighted by molar-refractivity contribution is -0.0185. The van der Waals surface area contributed by atoms with Gasteiger partial charge in [-0.1, -0.05) is 97.3 Å². The topological polar surface area (TPSA) is 33.0 Å². The summed E-state index contributed by atoms with van der Waals surface area (Å²) in [6, 6.07) is 2.71. The summed E-state index contributed by atoms with van der Waals surface area (Å²) in [6.07, 6.45) is 26.6. The maximum atomic E-state index is 9.80. The molecule has 0 aromatic heterocycles. The van der Waals surface area contributed by atoms with Crippen LogP contribution in [-0.4, -0.2) is 12.7 Å². The van der Waals surface area contributed by atoms with Crippen LogP contribution in [-0.2, 0) is 4.74 Å². The molecule has 2 heteroatoms. The normalized spacial score (nSPS) is 29.6. The summed E-state index contributed by atoms with van der Waals surface area (Å²) in [5.41, 5.74) is -0.0404. The maximum Gasteiger partial charge on any atom is 0.0689 e. The van der Waals surface area contributed by atoms with Crippen molar-refractivity contribution in [1.29, 1.82) is 5.26 Å². The molecule has 0 atom stereocenters. The number of hydrogen-bond acceptors (Lipinski definition) is 2. The third-order valence-corrected chi connectivity index (χ3v) is 8.14. The minimum absolute atomic E-state index is 0.0404. The van der Waals surface area contributed by atoms with Crippen LogP contribution < -0.4 is 0 Å². The second kappa shape index (κ2) is 15.3. The first-order valence-corrected chi connectivity index (χ1v) is 13.7. The van der Waals surface area contributed by atoms with Crippen molar-refractivity contribution in [3.05, 3.63) is 0 Å². The molecule has 2 nitrogen and oxygen atoms in total. The molecule has 2 rings (SSSR count). The smallest absolute Gasteiger partial charge is 0.0689 e. The van der Waals surface area contributed by atoms with Gasteiger partial charge in [-0.2, -0.15) is 5.26 Å². The standard InChI is InChI=1S/C28H51NO/c1-3-5-7-9-11-13-25-14-16-26(17-15-25)23-30-27-18-21-28(24-29,22-19-27)20-12-10-8-6-4-2/h25-27H,3-23H2,1-2H3/t25-,26-,27-,28-. The highest BCUT2D eigenvalue weighted by atomic mass is 16.5. The molecule has 0 heterocycles. The van der Waals surface area contributed by atoms with Crippen LogP contribution in [0.5, 0.6) is 0 Å². The molecular weight excluding hydrogens is 366 g/mol. The van der Waals surface area contributed by atoms with Crippen molar-refractivity contribution in [3.8, 4) is 6.07 Å². The largest absolute Gasteiger partial charge is 0.378 e. The lowest BCUT2D eigenvalue weighted by Crippen LogP contribution is -2.31. The van der Waals surface area contributed by atoms with Gasteiger partial charge in [0, 0.05) is 6.61 Å². The van der Waals surface area contributed by atoms with E-state index in [2.05, 4.69) is 19.9 Å². The zero-order valence-electron chi connectivity index (χ0n) is 20.4. The molecule has 2 saturated carbocycles. The molecule has 0 amide bonds. The number of ether oxygens (including phenoxy) is 1. The Balaban J connectivity index is 1.54. The van der Waals surface area contributed by atoms with Gasteiger partial charge in [-0.15, -0.1) is 0 Å². The molecule has 0 saturated heterocycles. The van der Waals surface area contributed by atoms with Crippen LogP contribution in [0.25, 0.3) is 0 Å². The summed E-state index contributed by atoms with van der Waals surface area (Å²) in [7, 11) is 0. The van der Waals surface area contributed by atoms with Crippen LogP contribution in [0.3, 0.4) is 0 Å². The number of rotatable bonds is 15. The van der Waals surface area contributed by atoms with Crippen molar-refractivity contribution in [2.45, 2.75) is 148 Å². The zero-order valence-corrected chi connectivity index (χ0v) is 20.4. The van der Waals surface area contributed by atoms with Crippen molar-refractivity contribution in [3.63, 3.8) is 0 Å². The summed E-state index contributed by atoms with van der Waals surface area (Å²) in [4.78, 5) is 0. The minimum atomic E-state index is -0.0404. The monoisotopic (exact) mass is 417 g/mol. The molecule has 2 aliphatic carbocycles. The van der Waals surface area contributed by atoms with E-state index in [4.69, 9.17) is 4.74 Å². The van der Waals surface area contributed by atoms with E-state index in [0.717, 1.165) is 50.5 Å². The van der Waals surface area contributed by atoms with E-state index in [1.54, 1.807) is 0 Å². The predicted molar refractivity (Wildman–Crippen MR) is 128 cm³/mol. The number of nitriles is 1. The second-order valence-electron chi connectivity index (χ2n) is 10.7. The van der Waals surface area contributed by atoms with Crippen LogP contribution in [0, 0.1) is 28.6 Å². The quantitative estimate of drug-likeness (QED) is 0.249. The van der Waals surface area contributed by atoms with E-state index in [-0.39, 0.29) is 5.41 Å². The van der Waals surface area contributed by atoms with Gasteiger partial charge in [-0.3, -0.25) is 0 Å². The third kappa shape index (κ3) is 9.72. The molecular formula is C28H51NO. The maximum absolute atomic E-state index is 9.80. The Bertz CT molecular complexity index is 452. The van der Waals surface area contributed by atoms with Crippen molar-refractivity contribution in [2.24, 2.45) is 17.3 Å². The summed E-state index contributed by atoms with van der Waals surface area (Å²) >= 11 is 0. The summed E-state index contributed by atoms with van der Waals surface area (Å²) in [5, 5.41) is 9.80. The zero-order chi connectivity index (χ0) is 21.5. The third-order valence-electron chi connectivity index (χ3n) is 8.14. The lowest BCUT2D eigenvalue weighted by atomic mass is 9.71. The fourth-order valence-corrected chi connectivity index (χ4v) is 5.79. The molecule has 0 aromatic carbocycles. The molecule has 2 fully saturated rings. The van der Waals surface area contributed by atoms with Crippen LogP contribution >= 0.6 is 0 Å². The van der Waals surface area contributed by atoms with Gasteiger partial charge in [0.05, 0.1) is 17.6 Å². The van der Waals surface area contributed by atoms with E-state index in [1.165, 1.54) is 96.3 Å². The van der Waals surface area contributed by atoms with E-state index in [0.29, 0.717) is 6.10 Å². The van der Waals surface area contributed by atoms with Crippen molar-refractivity contribution >= 4 is 0 Å². The van der Waals surface area contributed by atoms with E-state index < -0.39 is 0 Å². The van der Waals surface area contributed by atoms with Gasteiger partial charge in [0.2, 0.25) is 0 Å². The van der Waals surface area contributed by atoms with Crippen molar-refractivity contribution < 1.29 is 4.74 Å². The fourth-order valence-electron chi connectivity index (χ4n) is 5.79. The average molecular weight is 418 g/mol. The molecule has 0 bridgehead atoms. The van der Waals surface area contributed by atoms with Gasteiger partial charge in [-0.05, 0) is 56.8 Å². The first-order valence-electron chi connectivity index (χ1n) is 13.7. The van der Waals surface area contributed by atoms with Gasteiger partial charge >= 0.3 is 0 Å². The molecule has 174 valence electrons. The van der Waals surface area contributed by atoms with Gasteiger partial charge in [-0.25, -0.2) is 0 Å². The van der Waals surface area contributed by atoms with Crippen molar-refractivity contribution in [2.75, 3.05) is 6.61 Å². The fraction of sp³-hybridized carbons (Fsp3) is 0.964. The van der Waals surface area contributed by atoms with Crippen LogP contribution in [0.15, 0.2) is 0 Å². The Morgan fingerprint density at radius 2 is 1.30 bits per heavy atom. The Labute approximate surface area is 188 Å². The van der Waals surface area contributed by atoms with Crippen LogP contribution in [0.1, 0.15) is 142 Å². The highest BCUT2D eigenvalue weighted by Gasteiger charge is 2.35. The first-order chi connectivity index (χ1) is 14.7. The highest BCUT2D eigenvalue weighted by Crippen LogP contribution is 2.41. The van der Waals surface area contributed by atoms with Gasteiger partial charge < -0.3 is 4.74 Å². The van der Waals surface area contributed by atoms with Crippen LogP contribution in [0.4, 0.5) is 0 Å². The SMILES string of the molecule is CCCCCCC[C@H]1CC[C@H](CO[C@H]2CC[C@@](C#N)(CCCCCCC)CC2)CC1. The molecule has 0 aliphatic heterocycles. The Morgan fingerprint density at radius 3 is 1.90 bits per heavy atom. The molecule has 0 radical (unpaired) electrons. The molecule has 2 aliphatic rings. The molecule has 30 heavy (non-hydrogen) atoms. The van der Waals surface area contributed by atoms with E-state index in [9.17, 15) is 5.26 Å². The van der Waals surface area contributed by atoms with Crippen molar-refractivity contribution in [1.82, 2.24) is 0 Å². The summed E-state index contributed by atoms with van der Waals surface area (Å²) in [6.45, 7) is 5.54. The molecule has 0 N–H and O–H groups in total. The van der Waals surface area contributed by atoms with E-state index >= 15 is 0 Å². The summed E-state index contributed by atoms with van der Waals surface area (Å²) in [5.74, 6) is 1.79. The summed E-state index contributed by atoms with van der Waals surface area (Å²) < 4.78 is 6.37. The lowest BCUT2D eigenvalue weighted by Gasteiger charge is -2.36. The molecule has 0 aromatic rings. The number of nitrogens with zero attached hydrogens (tertiary/aromatic N) is 1. The minimum Gasteiger partial charge on any atom is -0.378 e.